The molecule has 1 aromatic heterocycles. The largest absolute Gasteiger partial charge is 0.386 e. The molecule has 7 heteroatoms. The van der Waals surface area contributed by atoms with Crippen molar-refractivity contribution in [2.45, 2.75) is 31.1 Å². The summed E-state index contributed by atoms with van der Waals surface area (Å²) >= 11 is 1.16. The van der Waals surface area contributed by atoms with Crippen molar-refractivity contribution < 1.29 is 12.8 Å². The number of hydrogen-bond donors (Lipinski definition) is 1. The molecule has 1 aliphatic heterocycles. The van der Waals surface area contributed by atoms with E-state index in [1.807, 2.05) is 0 Å². The molecule has 2 heterocycles. The highest BCUT2D eigenvalue weighted by molar-refractivity contribution is 7.93. The van der Waals surface area contributed by atoms with Crippen LogP contribution in [0, 0.1) is 5.82 Å². The molecule has 100 valence electrons. The van der Waals surface area contributed by atoms with Crippen LogP contribution in [0.2, 0.25) is 0 Å². The second-order valence-electron chi connectivity index (χ2n) is 5.14. The highest BCUT2D eigenvalue weighted by atomic mass is 32.2. The molecule has 0 saturated heterocycles. The number of rotatable bonds is 1. The first-order valence-corrected chi connectivity index (χ1v) is 7.95. The minimum Gasteiger partial charge on any atom is -0.386 e. The highest BCUT2D eigenvalue weighted by Gasteiger charge is 2.49. The lowest BCUT2D eigenvalue weighted by Crippen LogP contribution is -2.54. The molecule has 1 aromatic rings. The van der Waals surface area contributed by atoms with Gasteiger partial charge in [-0.1, -0.05) is 0 Å². The predicted octanol–water partition coefficient (Wildman–Crippen LogP) is 1.67. The smallest absolute Gasteiger partial charge is 0.165 e. The molecule has 0 aromatic carbocycles. The van der Waals surface area contributed by atoms with Crippen molar-refractivity contribution in [2.24, 2.45) is 10.7 Å². The Labute approximate surface area is 110 Å². The standard InChI is InChI=1S/C11H15FN2O2S2/c1-10(2)9(13)14-11(3,6-18(10,15)16)8-7(12)4-5-17-8/h4-5H,6H2,1-3H3,(H2,13,14)/t11-/m0/s1. The molecule has 0 unspecified atom stereocenters. The van der Waals surface area contributed by atoms with Crippen LogP contribution in [0.5, 0.6) is 0 Å². The number of aliphatic imine (C=N–C) groups is 1. The molecule has 1 atom stereocenters. The summed E-state index contributed by atoms with van der Waals surface area (Å²) in [6, 6.07) is 1.31. The van der Waals surface area contributed by atoms with Crippen molar-refractivity contribution >= 4 is 27.0 Å². The molecule has 18 heavy (non-hydrogen) atoms. The van der Waals surface area contributed by atoms with Crippen molar-refractivity contribution in [3.8, 4) is 0 Å². The van der Waals surface area contributed by atoms with Gasteiger partial charge >= 0.3 is 0 Å². The van der Waals surface area contributed by atoms with E-state index in [0.29, 0.717) is 4.88 Å². The fourth-order valence-corrected chi connectivity index (χ4v) is 4.58. The minimum atomic E-state index is -3.48. The number of hydrogen-bond acceptors (Lipinski definition) is 5. The lowest BCUT2D eigenvalue weighted by atomic mass is 10.0. The zero-order valence-corrected chi connectivity index (χ0v) is 12.0. The molecule has 2 rings (SSSR count). The lowest BCUT2D eigenvalue weighted by Gasteiger charge is -2.37. The first-order chi connectivity index (χ1) is 8.10. The molecular weight excluding hydrogens is 275 g/mol. The van der Waals surface area contributed by atoms with Gasteiger partial charge in [-0.15, -0.1) is 11.3 Å². The summed E-state index contributed by atoms with van der Waals surface area (Å²) in [5, 5.41) is 1.58. The minimum absolute atomic E-state index is 0.0315. The van der Waals surface area contributed by atoms with Crippen molar-refractivity contribution in [3.63, 3.8) is 0 Å². The van der Waals surface area contributed by atoms with E-state index in [2.05, 4.69) is 4.99 Å². The third kappa shape index (κ3) is 1.76. The Bertz CT molecular complexity index is 619. The fraction of sp³-hybridized carbons (Fsp3) is 0.545. The van der Waals surface area contributed by atoms with Crippen LogP contribution in [0.15, 0.2) is 16.4 Å². The average molecular weight is 290 g/mol. The SMILES string of the molecule is CC1(C)C(N)=N[C@](C)(c2sccc2F)CS1(=O)=O. The molecule has 0 fully saturated rings. The van der Waals surface area contributed by atoms with E-state index in [9.17, 15) is 12.8 Å². The summed E-state index contributed by atoms with van der Waals surface area (Å²) in [4.78, 5) is 4.56. The first kappa shape index (κ1) is 13.5. The Balaban J connectivity index is 2.64. The quantitative estimate of drug-likeness (QED) is 0.855. The van der Waals surface area contributed by atoms with Gasteiger partial charge in [0.15, 0.2) is 9.84 Å². The van der Waals surface area contributed by atoms with Gasteiger partial charge in [-0.25, -0.2) is 12.8 Å². The van der Waals surface area contributed by atoms with Crippen LogP contribution < -0.4 is 5.73 Å². The van der Waals surface area contributed by atoms with E-state index >= 15 is 0 Å². The van der Waals surface area contributed by atoms with Crippen molar-refractivity contribution in [2.75, 3.05) is 5.75 Å². The van der Waals surface area contributed by atoms with Gasteiger partial charge in [0.25, 0.3) is 0 Å². The van der Waals surface area contributed by atoms with Gasteiger partial charge in [0.2, 0.25) is 0 Å². The topological polar surface area (TPSA) is 72.5 Å². The molecule has 0 saturated carbocycles. The number of halogens is 1. The zero-order chi connectivity index (χ0) is 13.8. The molecule has 0 amide bonds. The third-order valence-electron chi connectivity index (χ3n) is 3.34. The summed E-state index contributed by atoms with van der Waals surface area (Å²) in [5.41, 5.74) is 4.64. The van der Waals surface area contributed by atoms with E-state index in [0.717, 1.165) is 11.3 Å². The van der Waals surface area contributed by atoms with E-state index in [4.69, 9.17) is 5.73 Å². The van der Waals surface area contributed by atoms with Crippen molar-refractivity contribution in [3.05, 3.63) is 22.1 Å². The number of amidine groups is 1. The molecule has 0 spiro atoms. The van der Waals surface area contributed by atoms with Crippen molar-refractivity contribution in [1.82, 2.24) is 0 Å². The van der Waals surface area contributed by atoms with Crippen LogP contribution in [0.1, 0.15) is 25.6 Å². The Kier molecular flexibility index (Phi) is 2.82. The Morgan fingerprint density at radius 1 is 1.44 bits per heavy atom. The summed E-state index contributed by atoms with van der Waals surface area (Å²) in [6.07, 6.45) is 0. The number of sulfone groups is 1. The van der Waals surface area contributed by atoms with E-state index in [1.165, 1.54) is 19.9 Å². The predicted molar refractivity (Wildman–Crippen MR) is 71.1 cm³/mol. The molecular formula is C11H15FN2O2S2. The van der Waals surface area contributed by atoms with Crippen LogP contribution in [0.25, 0.3) is 0 Å². The maximum absolute atomic E-state index is 13.7. The maximum Gasteiger partial charge on any atom is 0.165 e. The van der Waals surface area contributed by atoms with Gasteiger partial charge in [0.05, 0.1) is 10.6 Å². The first-order valence-electron chi connectivity index (χ1n) is 5.42. The van der Waals surface area contributed by atoms with Crippen molar-refractivity contribution in [1.29, 1.82) is 0 Å². The number of nitrogens with zero attached hydrogens (tertiary/aromatic N) is 1. The van der Waals surface area contributed by atoms with Crippen LogP contribution in [-0.4, -0.2) is 24.8 Å². The van der Waals surface area contributed by atoms with Gasteiger partial charge in [0, 0.05) is 0 Å². The van der Waals surface area contributed by atoms with Gasteiger partial charge in [0.1, 0.15) is 21.9 Å². The normalized spacial score (nSPS) is 29.9. The van der Waals surface area contributed by atoms with E-state index < -0.39 is 25.9 Å². The molecule has 0 radical (unpaired) electrons. The van der Waals surface area contributed by atoms with E-state index in [-0.39, 0.29) is 11.6 Å². The van der Waals surface area contributed by atoms with E-state index in [1.54, 1.807) is 12.3 Å². The van der Waals surface area contributed by atoms with Gasteiger partial charge in [-0.05, 0) is 32.2 Å². The lowest BCUT2D eigenvalue weighted by molar-refractivity contribution is 0.486. The van der Waals surface area contributed by atoms with Crippen LogP contribution in [-0.2, 0) is 15.4 Å². The Morgan fingerprint density at radius 3 is 2.50 bits per heavy atom. The third-order valence-corrected chi connectivity index (χ3v) is 7.19. The Hall–Kier alpha value is -0.950. The second-order valence-corrected chi connectivity index (χ2v) is 8.59. The summed E-state index contributed by atoms with van der Waals surface area (Å²) in [7, 11) is -3.48. The monoisotopic (exact) mass is 290 g/mol. The maximum atomic E-state index is 13.7. The van der Waals surface area contributed by atoms with Gasteiger partial charge < -0.3 is 5.73 Å². The van der Waals surface area contributed by atoms with Gasteiger partial charge in [-0.2, -0.15) is 0 Å². The molecule has 4 nitrogen and oxygen atoms in total. The van der Waals surface area contributed by atoms with Gasteiger partial charge in [-0.3, -0.25) is 4.99 Å². The van der Waals surface area contributed by atoms with Crippen LogP contribution in [0.3, 0.4) is 0 Å². The van der Waals surface area contributed by atoms with Crippen LogP contribution in [0.4, 0.5) is 4.39 Å². The Morgan fingerprint density at radius 2 is 2.06 bits per heavy atom. The summed E-state index contributed by atoms with van der Waals surface area (Å²) in [6.45, 7) is 4.64. The average Bonchev–Trinajstić information content (AvgIpc) is 2.61. The molecule has 0 bridgehead atoms. The number of thiophene rings is 1. The molecule has 1 aliphatic rings. The van der Waals surface area contributed by atoms with Crippen LogP contribution >= 0.6 is 11.3 Å². The molecule has 0 aliphatic carbocycles. The summed E-state index contributed by atoms with van der Waals surface area (Å²) in [5.74, 6) is -0.636. The second kappa shape index (κ2) is 3.77. The fourth-order valence-electron chi connectivity index (χ4n) is 1.94. The summed E-state index contributed by atoms with van der Waals surface area (Å²) < 4.78 is 37.0. The number of nitrogens with two attached hydrogens (primary N) is 1. The molecule has 2 N–H and O–H groups in total. The highest BCUT2D eigenvalue weighted by Crippen LogP contribution is 2.39. The zero-order valence-electron chi connectivity index (χ0n) is 10.4.